The van der Waals surface area contributed by atoms with Gasteiger partial charge < -0.3 is 30.5 Å². The van der Waals surface area contributed by atoms with Crippen LogP contribution in [-0.4, -0.2) is 101 Å². The maximum absolute atomic E-state index is 14.4. The number of amides is 2. The summed E-state index contributed by atoms with van der Waals surface area (Å²) in [4.78, 5) is 72.6. The third-order valence-corrected chi connectivity index (χ3v) is 18.1. The molecule has 0 radical (unpaired) electrons. The van der Waals surface area contributed by atoms with Crippen LogP contribution in [0.2, 0.25) is 0 Å². The van der Waals surface area contributed by atoms with Crippen molar-refractivity contribution in [2.24, 2.45) is 0 Å². The maximum Gasteiger partial charge on any atom is 0.415 e. The molecule has 0 saturated heterocycles. The molecule has 2 N–H and O–H groups in total. The number of nitrogens with zero attached hydrogens (tertiary/aromatic N) is 14. The van der Waals surface area contributed by atoms with Crippen molar-refractivity contribution in [3.05, 3.63) is 301 Å². The van der Waals surface area contributed by atoms with Gasteiger partial charge in [-0.3, -0.25) is 19.8 Å². The molecule has 120 heavy (non-hydrogen) atoms. The summed E-state index contributed by atoms with van der Waals surface area (Å²) in [5, 5.41) is 32.0. The highest BCUT2D eigenvalue weighted by Crippen LogP contribution is 2.38. The zero-order chi connectivity index (χ0) is 85.4. The Bertz CT molecular complexity index is 6570. The lowest BCUT2D eigenvalue weighted by Crippen LogP contribution is -2.34. The van der Waals surface area contributed by atoms with Gasteiger partial charge in [-0.15, -0.1) is 0 Å². The van der Waals surface area contributed by atoms with Gasteiger partial charge in [-0.05, 0) is 222 Å². The van der Waals surface area contributed by atoms with Crippen molar-refractivity contribution in [2.45, 2.75) is 52.7 Å². The Morgan fingerprint density at radius 3 is 0.950 bits per heavy atom. The van der Waals surface area contributed by atoms with E-state index in [1.165, 1.54) is 47.7 Å². The zero-order valence-corrected chi connectivity index (χ0v) is 65.8. The molecule has 8 aromatic heterocycles. The van der Waals surface area contributed by atoms with E-state index in [0.717, 1.165) is 83.1 Å². The van der Waals surface area contributed by atoms with Crippen LogP contribution < -0.4 is 29.9 Å². The molecular formula is C90H72F8N16O6. The third kappa shape index (κ3) is 19.4. The van der Waals surface area contributed by atoms with Gasteiger partial charge in [-0.1, -0.05) is 24.3 Å². The summed E-state index contributed by atoms with van der Waals surface area (Å²) in [5.41, 5.74) is 5.38. The van der Waals surface area contributed by atoms with Gasteiger partial charge in [0.2, 0.25) is 0 Å². The van der Waals surface area contributed by atoms with Crippen LogP contribution in [0.1, 0.15) is 41.5 Å². The second-order valence-corrected chi connectivity index (χ2v) is 28.9. The van der Waals surface area contributed by atoms with E-state index in [0.29, 0.717) is 116 Å². The monoisotopic (exact) mass is 1620 g/mol. The highest BCUT2D eigenvalue weighted by atomic mass is 19.2. The van der Waals surface area contributed by atoms with E-state index in [9.17, 15) is 55.1 Å². The van der Waals surface area contributed by atoms with Crippen molar-refractivity contribution >= 4 is 79.1 Å². The Morgan fingerprint density at radius 2 is 0.650 bits per heavy atom. The van der Waals surface area contributed by atoms with Crippen LogP contribution in [0.4, 0.5) is 68.0 Å². The van der Waals surface area contributed by atoms with E-state index in [1.807, 2.05) is 6.07 Å². The number of rotatable bonds is 12. The van der Waals surface area contributed by atoms with Gasteiger partial charge in [0.1, 0.15) is 81.0 Å². The summed E-state index contributed by atoms with van der Waals surface area (Å²) in [6, 6.07) is 47.1. The van der Waals surface area contributed by atoms with Gasteiger partial charge in [0.25, 0.3) is 0 Å². The van der Waals surface area contributed by atoms with E-state index >= 15 is 0 Å². The van der Waals surface area contributed by atoms with Crippen molar-refractivity contribution in [1.82, 2.24) is 49.8 Å². The van der Waals surface area contributed by atoms with E-state index in [2.05, 4.69) is 60.5 Å². The molecule has 16 aromatic rings. The Labute approximate surface area is 681 Å². The lowest BCUT2D eigenvalue weighted by molar-refractivity contribution is -0.605. The number of aromatic nitrogens is 12. The van der Waals surface area contributed by atoms with Crippen molar-refractivity contribution in [1.29, 1.82) is 0 Å². The standard InChI is InChI=1S/C25H22F2N4O3.C25H22F2N4O2.C20H14F2N4O.C20H14F2N4/c1-25(2,3)34-24(32)30(4)23-18-9-7-15(19-13-17(26)8-10-20(19)27)12-21(18)28-22(29-23)16-6-5-11-31(33)14-16;1-25(2,3)33-24(32)31(4)23-18-9-7-15(19-13-17(26)8-10-20(19)27)12-21(18)29-22(30-23)16-6-5-11-28-14-16;1-23-20-15-6-4-12(16-10-14(21)5-7-17(16)22)9-18(15)24-19(25-20)13-3-2-8-26(27)11-13;1-23-20-15-6-4-12(16-10-14(21)5-7-17(16)22)9-18(15)25-19(26-20)13-3-2-8-24-11-13/h5-14H,1-4H3;5-14H,1-4H3;2-11H,1H3,(H,23,24,25);2-11H,1H3,(H,23,25,26). The number of hydrogen-bond acceptors (Lipinski definition) is 18. The first-order valence-corrected chi connectivity index (χ1v) is 36.9. The molecule has 2 amide bonds. The van der Waals surface area contributed by atoms with Gasteiger partial charge in [-0.2, -0.15) is 9.46 Å². The Morgan fingerprint density at radius 1 is 0.358 bits per heavy atom. The van der Waals surface area contributed by atoms with Crippen LogP contribution in [0.25, 0.3) is 134 Å². The number of ether oxygens (including phenoxy) is 2. The van der Waals surface area contributed by atoms with Gasteiger partial charge in [0, 0.05) is 120 Å². The summed E-state index contributed by atoms with van der Waals surface area (Å²) in [6.07, 6.45) is 10.7. The molecular weight excluding hydrogens is 1550 g/mol. The number of halogens is 8. The summed E-state index contributed by atoms with van der Waals surface area (Å²) in [6.45, 7) is 10.6. The maximum atomic E-state index is 14.4. The Hall–Kier alpha value is -15.1. The van der Waals surface area contributed by atoms with Gasteiger partial charge in [0.15, 0.2) is 48.1 Å². The zero-order valence-electron chi connectivity index (χ0n) is 65.8. The van der Waals surface area contributed by atoms with Crippen LogP contribution >= 0.6 is 0 Å². The molecule has 0 spiro atoms. The number of hydrogen-bond donors (Lipinski definition) is 2. The smallest absolute Gasteiger partial charge is 0.415 e. The van der Waals surface area contributed by atoms with E-state index in [1.54, 1.807) is 203 Å². The molecule has 0 fully saturated rings. The minimum atomic E-state index is -0.730. The number of pyridine rings is 4. The predicted molar refractivity (Wildman–Crippen MR) is 443 cm³/mol. The lowest BCUT2D eigenvalue weighted by Gasteiger charge is -2.25. The van der Waals surface area contributed by atoms with Crippen LogP contribution in [-0.2, 0) is 9.47 Å². The molecule has 0 unspecified atom stereocenters. The number of benzene rings is 8. The van der Waals surface area contributed by atoms with E-state index in [-0.39, 0.29) is 33.9 Å². The number of carbonyl (C=O) groups is 2. The second kappa shape index (κ2) is 35.2. The predicted octanol–water partition coefficient (Wildman–Crippen LogP) is 19.9. The third-order valence-electron chi connectivity index (χ3n) is 18.1. The SMILES string of the molecule is CN(C(=O)OC(C)(C)C)c1nc(-c2ccc[n+]([O-])c2)nc2cc(-c3cc(F)ccc3F)ccc12.CN(C(=O)OC(C)(C)C)c1nc(-c2cccnc2)nc2cc(-c3cc(F)ccc3F)ccc12.CNc1nc(-c2ccc[n+]([O-])c2)nc2cc(-c3cc(F)ccc3F)ccc12.CNc1nc(-c2cccnc2)nc2cc(-c3cc(F)ccc3F)ccc12. The molecule has 8 aromatic carbocycles. The van der Waals surface area contributed by atoms with Crippen molar-refractivity contribution in [3.63, 3.8) is 0 Å². The molecule has 0 bridgehead atoms. The summed E-state index contributed by atoms with van der Waals surface area (Å²) >= 11 is 0. The van der Waals surface area contributed by atoms with Crippen LogP contribution in [0.15, 0.2) is 244 Å². The number of carbonyl (C=O) groups excluding carboxylic acids is 2. The first kappa shape index (κ1) is 82.9. The molecule has 0 saturated carbocycles. The molecule has 22 nitrogen and oxygen atoms in total. The normalized spacial score (nSPS) is 11.2. The highest BCUT2D eigenvalue weighted by molar-refractivity contribution is 6.02. The molecule has 604 valence electrons. The molecule has 0 aliphatic rings. The van der Waals surface area contributed by atoms with Crippen LogP contribution in [0.3, 0.4) is 0 Å². The molecule has 30 heteroatoms. The van der Waals surface area contributed by atoms with Crippen molar-refractivity contribution < 1.29 is 63.6 Å². The molecule has 0 aliphatic carbocycles. The minimum absolute atomic E-state index is 0.0706. The largest absolute Gasteiger partial charge is 0.619 e. The molecule has 16 rings (SSSR count). The van der Waals surface area contributed by atoms with Gasteiger partial charge in [-0.25, -0.2) is 84.6 Å². The topological polar surface area (TPSA) is 266 Å². The first-order chi connectivity index (χ1) is 57.3. The molecule has 8 heterocycles. The quantitative estimate of drug-likeness (QED) is 0.0654. The van der Waals surface area contributed by atoms with E-state index in [4.69, 9.17) is 9.47 Å². The van der Waals surface area contributed by atoms with Gasteiger partial charge >= 0.3 is 12.2 Å². The minimum Gasteiger partial charge on any atom is -0.619 e. The molecule has 0 atom stereocenters. The Balaban J connectivity index is 0.000000139. The summed E-state index contributed by atoms with van der Waals surface area (Å²) in [5.74, 6) is -1.12. The van der Waals surface area contributed by atoms with Crippen LogP contribution in [0.5, 0.6) is 0 Å². The highest BCUT2D eigenvalue weighted by Gasteiger charge is 2.28. The van der Waals surface area contributed by atoms with Gasteiger partial charge in [0.05, 0.1) is 33.2 Å². The summed E-state index contributed by atoms with van der Waals surface area (Å²) in [7, 11) is 6.57. The van der Waals surface area contributed by atoms with Crippen LogP contribution in [0, 0.1) is 57.0 Å². The van der Waals surface area contributed by atoms with Crippen molar-refractivity contribution in [3.8, 4) is 90.1 Å². The fourth-order valence-corrected chi connectivity index (χ4v) is 12.4. The average Bonchev–Trinajstić information content (AvgIpc) is 0.780. The average molecular weight is 1630 g/mol. The lowest BCUT2D eigenvalue weighted by atomic mass is 10.0. The number of nitrogens with one attached hydrogen (secondary N) is 2. The number of anilines is 4. The van der Waals surface area contributed by atoms with Crippen molar-refractivity contribution in [2.75, 3.05) is 48.6 Å². The van der Waals surface area contributed by atoms with E-state index < -0.39 is 69.9 Å². The first-order valence-electron chi connectivity index (χ1n) is 36.9. The Kier molecular flexibility index (Phi) is 24.3. The number of fused-ring (bicyclic) bond motifs is 4. The summed E-state index contributed by atoms with van der Waals surface area (Å²) < 4.78 is 124. The fourth-order valence-electron chi connectivity index (χ4n) is 12.4. The second-order valence-electron chi connectivity index (χ2n) is 28.9. The molecule has 0 aliphatic heterocycles. The fraction of sp³-hybridized carbons (Fsp3) is 0.133.